The van der Waals surface area contributed by atoms with Crippen LogP contribution in [0.3, 0.4) is 0 Å². The monoisotopic (exact) mass is 358 g/mol. The second-order valence-electron chi connectivity index (χ2n) is 4.40. The Morgan fingerprint density at radius 3 is 1.46 bits per heavy atom. The van der Waals surface area contributed by atoms with Crippen LogP contribution < -0.4 is 0 Å². The molecule has 24 heavy (non-hydrogen) atoms. The van der Waals surface area contributed by atoms with E-state index in [9.17, 15) is 0 Å². The second-order valence-corrected chi connectivity index (χ2v) is 5.07. The van der Waals surface area contributed by atoms with Crippen molar-refractivity contribution in [1.82, 2.24) is 19.9 Å². The average Bonchev–Trinajstić information content (AvgIpc) is 2.64. The molecule has 0 amide bonds. The molecule has 7 heteroatoms. The Morgan fingerprint density at radius 2 is 1.04 bits per heavy atom. The van der Waals surface area contributed by atoms with Gasteiger partial charge in [0.15, 0.2) is 0 Å². The largest absolute Gasteiger partial charge is 0.307 e. The van der Waals surface area contributed by atoms with Gasteiger partial charge in [-0.1, -0.05) is 36.4 Å². The summed E-state index contributed by atoms with van der Waals surface area (Å²) < 4.78 is 0. The Labute approximate surface area is 148 Å². The van der Waals surface area contributed by atoms with Gasteiger partial charge in [-0.05, 0) is 35.3 Å². The molecule has 0 radical (unpaired) electrons. The molecule has 2 aromatic carbocycles. The van der Waals surface area contributed by atoms with Crippen molar-refractivity contribution in [3.8, 4) is 0 Å². The summed E-state index contributed by atoms with van der Waals surface area (Å²) in [6.45, 7) is 2.00. The van der Waals surface area contributed by atoms with Crippen LogP contribution in [0, 0.1) is 0 Å². The minimum absolute atomic E-state index is 0.295. The maximum absolute atomic E-state index is 8.00. The van der Waals surface area contributed by atoms with Crippen LogP contribution in [-0.2, 0) is 4.79 Å². The Bertz CT molecular complexity index is 872. The van der Waals surface area contributed by atoms with Gasteiger partial charge in [0.05, 0.1) is 11.0 Å². The van der Waals surface area contributed by atoms with Crippen LogP contribution in [0.4, 0.5) is 0 Å². The molecule has 0 saturated carbocycles. The molecular formula is C17H12Cl2N4O. The standard InChI is InChI=1S/2C8H5ClN2.CH2O/c2*9-8-10-5-6-3-1-2-4-7(6)11-8;1-2/h2*1-5H;1H2. The van der Waals surface area contributed by atoms with E-state index in [0.29, 0.717) is 10.6 Å². The highest BCUT2D eigenvalue weighted by atomic mass is 35.5. The average molecular weight is 359 g/mol. The van der Waals surface area contributed by atoms with Gasteiger partial charge in [-0.3, -0.25) is 0 Å². The quantitative estimate of drug-likeness (QED) is 0.436. The molecule has 4 rings (SSSR count). The number of rotatable bonds is 0. The number of nitrogens with zero attached hydrogens (tertiary/aromatic N) is 4. The molecule has 0 aliphatic rings. The molecule has 0 atom stereocenters. The lowest BCUT2D eigenvalue weighted by molar-refractivity contribution is -0.0979. The predicted octanol–water partition coefficient (Wildman–Crippen LogP) is 4.38. The third-order valence-corrected chi connectivity index (χ3v) is 3.28. The van der Waals surface area contributed by atoms with Gasteiger partial charge in [0, 0.05) is 23.2 Å². The highest BCUT2D eigenvalue weighted by Crippen LogP contribution is 2.12. The molecule has 5 nitrogen and oxygen atoms in total. The van der Waals surface area contributed by atoms with Crippen molar-refractivity contribution in [2.45, 2.75) is 0 Å². The van der Waals surface area contributed by atoms with E-state index in [4.69, 9.17) is 28.0 Å². The molecule has 0 fully saturated rings. The molecule has 0 spiro atoms. The Kier molecular flexibility index (Phi) is 6.54. The van der Waals surface area contributed by atoms with Gasteiger partial charge in [0.25, 0.3) is 0 Å². The van der Waals surface area contributed by atoms with E-state index in [1.165, 1.54) is 0 Å². The van der Waals surface area contributed by atoms with E-state index < -0.39 is 0 Å². The van der Waals surface area contributed by atoms with Crippen molar-refractivity contribution in [1.29, 1.82) is 0 Å². The number of para-hydroxylation sites is 2. The van der Waals surface area contributed by atoms with Crippen molar-refractivity contribution < 1.29 is 4.79 Å². The van der Waals surface area contributed by atoms with E-state index in [0.717, 1.165) is 21.8 Å². The Morgan fingerprint density at radius 1 is 0.667 bits per heavy atom. The predicted molar refractivity (Wildman–Crippen MR) is 96.2 cm³/mol. The van der Waals surface area contributed by atoms with Gasteiger partial charge in [-0.15, -0.1) is 0 Å². The molecule has 4 aromatic rings. The van der Waals surface area contributed by atoms with Crippen LogP contribution >= 0.6 is 23.2 Å². The summed E-state index contributed by atoms with van der Waals surface area (Å²) in [5.74, 6) is 0. The number of carbonyl (C=O) groups excluding carboxylic acids is 1. The zero-order valence-electron chi connectivity index (χ0n) is 12.4. The van der Waals surface area contributed by atoms with E-state index >= 15 is 0 Å². The molecular weight excluding hydrogens is 347 g/mol. The Balaban J connectivity index is 0.000000158. The van der Waals surface area contributed by atoms with Crippen molar-refractivity contribution in [3.05, 3.63) is 71.5 Å². The second kappa shape index (κ2) is 8.86. The van der Waals surface area contributed by atoms with Crippen LogP contribution in [0.5, 0.6) is 0 Å². The lowest BCUT2D eigenvalue weighted by Crippen LogP contribution is -1.81. The first-order chi connectivity index (χ1) is 11.7. The highest BCUT2D eigenvalue weighted by Gasteiger charge is 1.94. The Hall–Kier alpha value is -2.63. The van der Waals surface area contributed by atoms with Crippen molar-refractivity contribution in [2.75, 3.05) is 0 Å². The number of carbonyl (C=O) groups is 1. The third-order valence-electron chi connectivity index (χ3n) is 2.92. The van der Waals surface area contributed by atoms with E-state index in [1.54, 1.807) is 12.4 Å². The van der Waals surface area contributed by atoms with E-state index in [-0.39, 0.29) is 0 Å². The minimum atomic E-state index is 0.295. The number of hydrogen-bond donors (Lipinski definition) is 0. The summed E-state index contributed by atoms with van der Waals surface area (Å²) in [4.78, 5) is 23.8. The summed E-state index contributed by atoms with van der Waals surface area (Å²) in [7, 11) is 0. The third kappa shape index (κ3) is 4.68. The normalized spacial score (nSPS) is 9.58. The number of benzene rings is 2. The van der Waals surface area contributed by atoms with Gasteiger partial charge in [0.1, 0.15) is 6.79 Å². The first kappa shape index (κ1) is 17.7. The first-order valence-corrected chi connectivity index (χ1v) is 7.51. The fourth-order valence-electron chi connectivity index (χ4n) is 1.90. The summed E-state index contributed by atoms with van der Waals surface area (Å²) in [5.41, 5.74) is 1.76. The molecule has 2 aromatic heterocycles. The summed E-state index contributed by atoms with van der Waals surface area (Å²) in [5, 5.41) is 2.61. The summed E-state index contributed by atoms with van der Waals surface area (Å²) in [6, 6.07) is 15.4. The molecule has 0 bridgehead atoms. The van der Waals surface area contributed by atoms with Gasteiger partial charge >= 0.3 is 0 Å². The van der Waals surface area contributed by atoms with Gasteiger partial charge < -0.3 is 4.79 Å². The first-order valence-electron chi connectivity index (χ1n) is 6.76. The smallest absolute Gasteiger partial charge is 0.222 e. The fraction of sp³-hybridized carbons (Fsp3) is 0. The lowest BCUT2D eigenvalue weighted by atomic mass is 10.2. The van der Waals surface area contributed by atoms with Crippen LogP contribution in [-0.4, -0.2) is 26.7 Å². The van der Waals surface area contributed by atoms with Crippen LogP contribution in [0.25, 0.3) is 21.8 Å². The number of fused-ring (bicyclic) bond motifs is 2. The SMILES string of the molecule is C=O.Clc1ncc2ccccc2n1.Clc1ncc2ccccc2n1. The molecule has 0 N–H and O–H groups in total. The zero-order valence-corrected chi connectivity index (χ0v) is 13.9. The number of hydrogen-bond acceptors (Lipinski definition) is 5. The maximum Gasteiger partial charge on any atom is 0.222 e. The topological polar surface area (TPSA) is 68.6 Å². The molecule has 120 valence electrons. The summed E-state index contributed by atoms with van der Waals surface area (Å²) in [6.07, 6.45) is 3.43. The summed E-state index contributed by atoms with van der Waals surface area (Å²) >= 11 is 11.2. The van der Waals surface area contributed by atoms with Crippen LogP contribution in [0.2, 0.25) is 10.6 Å². The van der Waals surface area contributed by atoms with E-state index in [2.05, 4.69) is 19.9 Å². The van der Waals surface area contributed by atoms with Crippen molar-refractivity contribution >= 4 is 51.8 Å². The van der Waals surface area contributed by atoms with Crippen molar-refractivity contribution in [2.24, 2.45) is 0 Å². The zero-order chi connectivity index (χ0) is 17.4. The number of aromatic nitrogens is 4. The molecule has 0 saturated heterocycles. The van der Waals surface area contributed by atoms with Gasteiger partial charge in [0.2, 0.25) is 10.6 Å². The minimum Gasteiger partial charge on any atom is -0.307 e. The molecule has 0 aliphatic heterocycles. The molecule has 0 unspecified atom stereocenters. The van der Waals surface area contributed by atoms with Crippen LogP contribution in [0.1, 0.15) is 0 Å². The maximum atomic E-state index is 8.00. The van der Waals surface area contributed by atoms with E-state index in [1.807, 2.05) is 55.3 Å². The highest BCUT2D eigenvalue weighted by molar-refractivity contribution is 6.28. The van der Waals surface area contributed by atoms with Gasteiger partial charge in [-0.25, -0.2) is 19.9 Å². The lowest BCUT2D eigenvalue weighted by Gasteiger charge is -1.93. The molecule has 2 heterocycles. The number of halogens is 2. The fourth-order valence-corrected chi connectivity index (χ4v) is 2.18. The van der Waals surface area contributed by atoms with Crippen molar-refractivity contribution in [3.63, 3.8) is 0 Å². The van der Waals surface area contributed by atoms with Gasteiger partial charge in [-0.2, -0.15) is 0 Å². The van der Waals surface area contributed by atoms with Crippen LogP contribution in [0.15, 0.2) is 60.9 Å². The molecule has 0 aliphatic carbocycles.